The number of benzene rings is 1. The SMILES string of the molecule is CC1CCN(C(=O)c2cccc(CN3CCOCC3)c2)CC1O. The van der Waals surface area contributed by atoms with E-state index in [9.17, 15) is 9.90 Å². The van der Waals surface area contributed by atoms with Crippen molar-refractivity contribution in [3.05, 3.63) is 35.4 Å². The van der Waals surface area contributed by atoms with Gasteiger partial charge in [0.05, 0.1) is 19.3 Å². The van der Waals surface area contributed by atoms with Gasteiger partial charge in [-0.15, -0.1) is 0 Å². The molecule has 0 radical (unpaired) electrons. The highest BCUT2D eigenvalue weighted by atomic mass is 16.5. The lowest BCUT2D eigenvalue weighted by Gasteiger charge is -2.34. The number of hydrogen-bond donors (Lipinski definition) is 1. The van der Waals surface area contributed by atoms with Crippen molar-refractivity contribution in [3.8, 4) is 0 Å². The summed E-state index contributed by atoms with van der Waals surface area (Å²) in [5.41, 5.74) is 1.88. The third-order valence-electron chi connectivity index (χ3n) is 4.89. The summed E-state index contributed by atoms with van der Waals surface area (Å²) < 4.78 is 5.37. The highest BCUT2D eigenvalue weighted by Crippen LogP contribution is 2.19. The number of aliphatic hydroxyl groups excluding tert-OH is 1. The molecule has 0 spiro atoms. The molecule has 1 aromatic rings. The van der Waals surface area contributed by atoms with Crippen molar-refractivity contribution in [2.75, 3.05) is 39.4 Å². The van der Waals surface area contributed by atoms with Gasteiger partial charge in [0.15, 0.2) is 0 Å². The first kappa shape index (κ1) is 16.4. The van der Waals surface area contributed by atoms with Crippen molar-refractivity contribution in [1.82, 2.24) is 9.80 Å². The van der Waals surface area contributed by atoms with E-state index in [1.165, 1.54) is 0 Å². The monoisotopic (exact) mass is 318 g/mol. The van der Waals surface area contributed by atoms with Crippen molar-refractivity contribution in [3.63, 3.8) is 0 Å². The molecular weight excluding hydrogens is 292 g/mol. The first-order valence-corrected chi connectivity index (χ1v) is 8.50. The fourth-order valence-electron chi connectivity index (χ4n) is 3.24. The fourth-order valence-corrected chi connectivity index (χ4v) is 3.24. The Labute approximate surface area is 137 Å². The van der Waals surface area contributed by atoms with E-state index >= 15 is 0 Å². The van der Waals surface area contributed by atoms with Gasteiger partial charge in [0.25, 0.3) is 5.91 Å². The van der Waals surface area contributed by atoms with Gasteiger partial charge >= 0.3 is 0 Å². The van der Waals surface area contributed by atoms with E-state index in [0.29, 0.717) is 6.54 Å². The van der Waals surface area contributed by atoms with Gasteiger partial charge in [0.2, 0.25) is 0 Å². The maximum Gasteiger partial charge on any atom is 0.253 e. The highest BCUT2D eigenvalue weighted by Gasteiger charge is 2.27. The molecule has 3 rings (SSSR count). The van der Waals surface area contributed by atoms with Crippen molar-refractivity contribution in [2.24, 2.45) is 5.92 Å². The van der Waals surface area contributed by atoms with Gasteiger partial charge in [-0.25, -0.2) is 0 Å². The van der Waals surface area contributed by atoms with E-state index in [1.54, 1.807) is 4.90 Å². The summed E-state index contributed by atoms with van der Waals surface area (Å²) in [6.45, 7) is 7.49. The highest BCUT2D eigenvalue weighted by molar-refractivity contribution is 5.94. The number of β-amino-alcohol motifs (C(OH)–C–C–N with tert-alkyl or cyclic N) is 1. The molecule has 1 amide bonds. The number of amides is 1. The second-order valence-corrected chi connectivity index (χ2v) is 6.67. The third-order valence-corrected chi connectivity index (χ3v) is 4.89. The predicted octanol–water partition coefficient (Wildman–Crippen LogP) is 1.36. The number of nitrogens with zero attached hydrogens (tertiary/aromatic N) is 2. The number of likely N-dealkylation sites (tertiary alicyclic amines) is 1. The summed E-state index contributed by atoms with van der Waals surface area (Å²) in [5, 5.41) is 10.0. The Morgan fingerprint density at radius 1 is 1.30 bits per heavy atom. The summed E-state index contributed by atoms with van der Waals surface area (Å²) in [5.74, 6) is 0.298. The van der Waals surface area contributed by atoms with Gasteiger partial charge < -0.3 is 14.7 Å². The van der Waals surface area contributed by atoms with Crippen LogP contribution in [0.5, 0.6) is 0 Å². The van der Waals surface area contributed by atoms with E-state index in [-0.39, 0.29) is 11.8 Å². The van der Waals surface area contributed by atoms with Gasteiger partial charge in [-0.3, -0.25) is 9.69 Å². The minimum Gasteiger partial charge on any atom is -0.391 e. The van der Waals surface area contributed by atoms with Crippen LogP contribution >= 0.6 is 0 Å². The lowest BCUT2D eigenvalue weighted by molar-refractivity contribution is 0.0248. The van der Waals surface area contributed by atoms with Crippen LogP contribution in [0.15, 0.2) is 24.3 Å². The number of aliphatic hydroxyl groups is 1. The Balaban J connectivity index is 1.65. The topological polar surface area (TPSA) is 53.0 Å². The Kier molecular flexibility index (Phi) is 5.30. The third kappa shape index (κ3) is 4.10. The average Bonchev–Trinajstić information content (AvgIpc) is 2.58. The van der Waals surface area contributed by atoms with Crippen LogP contribution in [0.2, 0.25) is 0 Å². The molecule has 2 aliphatic rings. The number of rotatable bonds is 3. The zero-order chi connectivity index (χ0) is 16.2. The Morgan fingerprint density at radius 2 is 2.09 bits per heavy atom. The molecule has 5 nitrogen and oxygen atoms in total. The van der Waals surface area contributed by atoms with E-state index < -0.39 is 6.10 Å². The summed E-state index contributed by atoms with van der Waals surface area (Å²) in [7, 11) is 0. The van der Waals surface area contributed by atoms with Crippen LogP contribution in [0, 0.1) is 5.92 Å². The molecule has 2 aliphatic heterocycles. The standard InChI is InChI=1S/C18H26N2O3/c1-14-5-6-20(13-17(14)21)18(22)16-4-2-3-15(11-16)12-19-7-9-23-10-8-19/h2-4,11,14,17,21H,5-10,12-13H2,1H3. The molecule has 2 unspecified atom stereocenters. The van der Waals surface area contributed by atoms with Crippen LogP contribution in [-0.4, -0.2) is 66.3 Å². The minimum absolute atomic E-state index is 0.0276. The maximum absolute atomic E-state index is 12.7. The van der Waals surface area contributed by atoms with Gasteiger partial charge in [-0.2, -0.15) is 0 Å². The number of ether oxygens (including phenoxy) is 1. The average molecular weight is 318 g/mol. The molecule has 2 saturated heterocycles. The van der Waals surface area contributed by atoms with Crippen molar-refractivity contribution in [1.29, 1.82) is 0 Å². The molecule has 5 heteroatoms. The van der Waals surface area contributed by atoms with E-state index in [2.05, 4.69) is 11.0 Å². The largest absolute Gasteiger partial charge is 0.391 e. The van der Waals surface area contributed by atoms with Crippen LogP contribution in [0.25, 0.3) is 0 Å². The Morgan fingerprint density at radius 3 is 2.83 bits per heavy atom. The summed E-state index contributed by atoms with van der Waals surface area (Å²) in [4.78, 5) is 16.8. The molecule has 0 aliphatic carbocycles. The van der Waals surface area contributed by atoms with Crippen molar-refractivity contribution in [2.45, 2.75) is 26.0 Å². The van der Waals surface area contributed by atoms with Crippen LogP contribution < -0.4 is 0 Å². The first-order valence-electron chi connectivity index (χ1n) is 8.50. The van der Waals surface area contributed by atoms with Gasteiger partial charge in [0.1, 0.15) is 0 Å². The Hall–Kier alpha value is -1.43. The maximum atomic E-state index is 12.7. The smallest absolute Gasteiger partial charge is 0.253 e. The molecule has 0 aromatic heterocycles. The van der Waals surface area contributed by atoms with Gasteiger partial charge in [-0.05, 0) is 30.0 Å². The number of morpholine rings is 1. The molecule has 0 saturated carbocycles. The quantitative estimate of drug-likeness (QED) is 0.914. The zero-order valence-electron chi connectivity index (χ0n) is 13.8. The van der Waals surface area contributed by atoms with Crippen LogP contribution in [0.1, 0.15) is 29.3 Å². The fraction of sp³-hybridized carbons (Fsp3) is 0.611. The predicted molar refractivity (Wildman–Crippen MR) is 88.2 cm³/mol. The summed E-state index contributed by atoms with van der Waals surface area (Å²) >= 11 is 0. The molecule has 126 valence electrons. The molecule has 1 N–H and O–H groups in total. The second kappa shape index (κ2) is 7.43. The molecule has 23 heavy (non-hydrogen) atoms. The number of hydrogen-bond acceptors (Lipinski definition) is 4. The lowest BCUT2D eigenvalue weighted by Crippen LogP contribution is -2.45. The van der Waals surface area contributed by atoms with Crippen molar-refractivity contribution >= 4 is 5.91 Å². The molecule has 2 heterocycles. The van der Waals surface area contributed by atoms with Gasteiger partial charge in [0, 0.05) is 38.3 Å². The summed E-state index contributed by atoms with van der Waals surface area (Å²) in [6.07, 6.45) is 0.449. The zero-order valence-corrected chi connectivity index (χ0v) is 13.8. The van der Waals surface area contributed by atoms with Crippen LogP contribution in [0.3, 0.4) is 0 Å². The molecule has 0 bridgehead atoms. The molecular formula is C18H26N2O3. The second-order valence-electron chi connectivity index (χ2n) is 6.67. The number of carbonyl (C=O) groups excluding carboxylic acids is 1. The number of carbonyl (C=O) groups is 1. The Bertz CT molecular complexity index is 543. The number of piperidine rings is 1. The minimum atomic E-state index is -0.413. The first-order chi connectivity index (χ1) is 11.1. The van der Waals surface area contributed by atoms with Crippen LogP contribution in [0.4, 0.5) is 0 Å². The molecule has 1 aromatic carbocycles. The van der Waals surface area contributed by atoms with Gasteiger partial charge in [-0.1, -0.05) is 19.1 Å². The lowest BCUT2D eigenvalue weighted by atomic mass is 9.95. The van der Waals surface area contributed by atoms with Crippen molar-refractivity contribution < 1.29 is 14.6 Å². The van der Waals surface area contributed by atoms with E-state index in [1.807, 2.05) is 25.1 Å². The summed E-state index contributed by atoms with van der Waals surface area (Å²) in [6, 6.07) is 7.88. The van der Waals surface area contributed by atoms with Crippen LogP contribution in [-0.2, 0) is 11.3 Å². The normalized spacial score (nSPS) is 26.3. The van der Waals surface area contributed by atoms with E-state index in [4.69, 9.17) is 4.74 Å². The van der Waals surface area contributed by atoms with E-state index in [0.717, 1.165) is 56.9 Å². The molecule has 2 atom stereocenters. The molecule has 2 fully saturated rings.